The number of hydrogen-bond acceptors (Lipinski definition) is 4. The molecule has 0 N–H and O–H groups in total. The fourth-order valence-corrected chi connectivity index (χ4v) is 2.94. The van der Waals surface area contributed by atoms with Gasteiger partial charge in [-0.15, -0.1) is 0 Å². The quantitative estimate of drug-likeness (QED) is 0.781. The van der Waals surface area contributed by atoms with Gasteiger partial charge in [0.1, 0.15) is 17.6 Å². The monoisotopic (exact) mass is 382 g/mol. The minimum atomic E-state index is -4.40. The molecule has 1 fully saturated rings. The fourth-order valence-electron chi connectivity index (χ4n) is 2.94. The van der Waals surface area contributed by atoms with Crippen LogP contribution in [0.5, 0.6) is 5.75 Å². The largest absolute Gasteiger partial charge is 0.490 e. The molecule has 0 atom stereocenters. The summed E-state index contributed by atoms with van der Waals surface area (Å²) in [6, 6.07) is 6.50. The number of nitrogens with zero attached hydrogens (tertiary/aromatic N) is 2. The minimum Gasteiger partial charge on any atom is -0.490 e. The average Bonchev–Trinajstić information content (AvgIpc) is 3.12. The van der Waals surface area contributed by atoms with Gasteiger partial charge < -0.3 is 14.2 Å². The van der Waals surface area contributed by atoms with Gasteiger partial charge in [-0.2, -0.15) is 13.2 Å². The van der Waals surface area contributed by atoms with Crippen molar-refractivity contribution in [2.75, 3.05) is 13.1 Å². The predicted octanol–water partition coefficient (Wildman–Crippen LogP) is 4.50. The maximum absolute atomic E-state index is 12.8. The molecular weight excluding hydrogens is 361 g/mol. The Morgan fingerprint density at radius 1 is 1.26 bits per heavy atom. The molecule has 146 valence electrons. The molecule has 1 amide bonds. The molecule has 0 unspecified atom stereocenters. The summed E-state index contributed by atoms with van der Waals surface area (Å²) < 4.78 is 49.2. The lowest BCUT2D eigenvalue weighted by Crippen LogP contribution is -2.41. The molecule has 3 rings (SSSR count). The first-order valence-corrected chi connectivity index (χ1v) is 8.84. The van der Waals surface area contributed by atoms with Crippen LogP contribution < -0.4 is 4.74 Å². The molecule has 8 heteroatoms. The Hall–Kier alpha value is -2.51. The van der Waals surface area contributed by atoms with Gasteiger partial charge in [-0.3, -0.25) is 4.79 Å². The van der Waals surface area contributed by atoms with Crippen LogP contribution in [0.3, 0.4) is 0 Å². The summed E-state index contributed by atoms with van der Waals surface area (Å²) in [4.78, 5) is 14.2. The van der Waals surface area contributed by atoms with Crippen LogP contribution >= 0.6 is 0 Å². The molecule has 1 aromatic heterocycles. The summed E-state index contributed by atoms with van der Waals surface area (Å²) >= 11 is 0. The van der Waals surface area contributed by atoms with E-state index in [-0.39, 0.29) is 29.4 Å². The van der Waals surface area contributed by atoms with Crippen molar-refractivity contribution in [3.8, 4) is 5.75 Å². The third kappa shape index (κ3) is 4.61. The lowest BCUT2D eigenvalue weighted by Gasteiger charge is -2.31. The van der Waals surface area contributed by atoms with E-state index in [0.29, 0.717) is 31.7 Å². The lowest BCUT2D eigenvalue weighted by molar-refractivity contribution is -0.137. The van der Waals surface area contributed by atoms with Gasteiger partial charge in [-0.05, 0) is 18.2 Å². The van der Waals surface area contributed by atoms with Crippen LogP contribution in [0.2, 0.25) is 0 Å². The molecule has 1 aliphatic rings. The van der Waals surface area contributed by atoms with Crippen LogP contribution in [0.15, 0.2) is 34.9 Å². The molecule has 0 saturated carbocycles. The Labute approximate surface area is 155 Å². The Bertz CT molecular complexity index is 793. The lowest BCUT2D eigenvalue weighted by atomic mass is 10.1. The number of hydrogen-bond donors (Lipinski definition) is 0. The number of rotatable bonds is 4. The van der Waals surface area contributed by atoms with Crippen molar-refractivity contribution in [3.63, 3.8) is 0 Å². The zero-order valence-electron chi connectivity index (χ0n) is 15.1. The van der Waals surface area contributed by atoms with Crippen LogP contribution in [0.1, 0.15) is 54.4 Å². The maximum atomic E-state index is 12.8. The van der Waals surface area contributed by atoms with Crippen LogP contribution in [0, 0.1) is 0 Å². The standard InChI is InChI=1S/C19H21F3N2O3/c1-12(2)17-11-16(23-27-17)18(25)24-8-6-14(7-9-24)26-15-5-3-4-13(10-15)19(20,21)22/h3-5,10-12,14H,6-9H2,1-2H3. The highest BCUT2D eigenvalue weighted by Crippen LogP contribution is 2.32. The summed E-state index contributed by atoms with van der Waals surface area (Å²) in [7, 11) is 0. The second-order valence-corrected chi connectivity index (χ2v) is 6.90. The number of likely N-dealkylation sites (tertiary alicyclic amines) is 1. The van der Waals surface area contributed by atoms with E-state index < -0.39 is 11.7 Å². The summed E-state index contributed by atoms with van der Waals surface area (Å²) in [5.41, 5.74) is -0.462. The number of carbonyl (C=O) groups is 1. The number of carbonyl (C=O) groups excluding carboxylic acids is 1. The van der Waals surface area contributed by atoms with Crippen molar-refractivity contribution in [1.29, 1.82) is 0 Å². The van der Waals surface area contributed by atoms with E-state index >= 15 is 0 Å². The molecule has 0 spiro atoms. The summed E-state index contributed by atoms with van der Waals surface area (Å²) in [6.07, 6.45) is -3.56. The summed E-state index contributed by atoms with van der Waals surface area (Å²) in [6.45, 7) is 4.80. The fraction of sp³-hybridized carbons (Fsp3) is 0.474. The van der Waals surface area contributed by atoms with Crippen molar-refractivity contribution in [1.82, 2.24) is 10.1 Å². The molecule has 27 heavy (non-hydrogen) atoms. The Morgan fingerprint density at radius 2 is 1.96 bits per heavy atom. The number of piperidine rings is 1. The smallest absolute Gasteiger partial charge is 0.416 e. The van der Waals surface area contributed by atoms with Crippen molar-refractivity contribution in [2.45, 2.75) is 44.9 Å². The SMILES string of the molecule is CC(C)c1cc(C(=O)N2CCC(Oc3cccc(C(F)(F)F)c3)CC2)no1. The first-order chi connectivity index (χ1) is 12.7. The molecule has 2 aromatic rings. The molecule has 2 heterocycles. The molecule has 0 bridgehead atoms. The van der Waals surface area contributed by atoms with Crippen molar-refractivity contribution >= 4 is 5.91 Å². The second-order valence-electron chi connectivity index (χ2n) is 6.90. The zero-order valence-corrected chi connectivity index (χ0v) is 15.1. The molecule has 0 aliphatic carbocycles. The molecule has 0 radical (unpaired) electrons. The Balaban J connectivity index is 1.56. The van der Waals surface area contributed by atoms with Crippen molar-refractivity contribution in [2.24, 2.45) is 0 Å². The number of benzene rings is 1. The van der Waals surface area contributed by atoms with Gasteiger partial charge in [0.2, 0.25) is 0 Å². The normalized spacial score (nSPS) is 16.0. The Morgan fingerprint density at radius 3 is 2.56 bits per heavy atom. The van der Waals surface area contributed by atoms with Crippen molar-refractivity contribution < 1.29 is 27.2 Å². The van der Waals surface area contributed by atoms with Crippen molar-refractivity contribution in [3.05, 3.63) is 47.3 Å². The van der Waals surface area contributed by atoms with Crippen LogP contribution in [-0.2, 0) is 6.18 Å². The zero-order chi connectivity index (χ0) is 19.6. The third-order valence-electron chi connectivity index (χ3n) is 4.51. The van der Waals surface area contributed by atoms with E-state index in [2.05, 4.69) is 5.16 Å². The predicted molar refractivity (Wildman–Crippen MR) is 91.6 cm³/mol. The molecule has 1 aliphatic heterocycles. The molecule has 5 nitrogen and oxygen atoms in total. The highest BCUT2D eigenvalue weighted by Gasteiger charge is 2.31. The number of ether oxygens (including phenoxy) is 1. The first kappa shape index (κ1) is 19.3. The molecule has 1 saturated heterocycles. The number of halogens is 3. The highest BCUT2D eigenvalue weighted by atomic mass is 19.4. The van der Waals surface area contributed by atoms with Gasteiger partial charge >= 0.3 is 6.18 Å². The minimum absolute atomic E-state index is 0.144. The van der Waals surface area contributed by atoms with Gasteiger partial charge in [-0.1, -0.05) is 25.1 Å². The van der Waals surface area contributed by atoms with E-state index in [4.69, 9.17) is 9.26 Å². The van der Waals surface area contributed by atoms with E-state index in [1.165, 1.54) is 12.1 Å². The molecular formula is C19H21F3N2O3. The van der Waals surface area contributed by atoms with E-state index in [0.717, 1.165) is 12.1 Å². The summed E-state index contributed by atoms with van der Waals surface area (Å²) in [5.74, 6) is 0.780. The highest BCUT2D eigenvalue weighted by molar-refractivity contribution is 5.92. The van der Waals surface area contributed by atoms with Gasteiger partial charge in [0.05, 0.1) is 5.56 Å². The van der Waals surface area contributed by atoms with E-state index in [9.17, 15) is 18.0 Å². The van der Waals surface area contributed by atoms with Gasteiger partial charge in [-0.25, -0.2) is 0 Å². The average molecular weight is 382 g/mol. The Kier molecular flexibility index (Phi) is 5.43. The molecule has 1 aromatic carbocycles. The maximum Gasteiger partial charge on any atom is 0.416 e. The third-order valence-corrected chi connectivity index (χ3v) is 4.51. The van der Waals surface area contributed by atoms with Gasteiger partial charge in [0.15, 0.2) is 5.69 Å². The van der Waals surface area contributed by atoms with E-state index in [1.54, 1.807) is 11.0 Å². The van der Waals surface area contributed by atoms with Gasteiger partial charge in [0, 0.05) is 37.9 Å². The number of amides is 1. The van der Waals surface area contributed by atoms with Crippen LogP contribution in [0.25, 0.3) is 0 Å². The van der Waals surface area contributed by atoms with Gasteiger partial charge in [0.25, 0.3) is 5.91 Å². The van der Waals surface area contributed by atoms with Crippen LogP contribution in [0.4, 0.5) is 13.2 Å². The second kappa shape index (κ2) is 7.62. The first-order valence-electron chi connectivity index (χ1n) is 8.84. The number of aromatic nitrogens is 1. The van der Waals surface area contributed by atoms with Crippen LogP contribution in [-0.4, -0.2) is 35.2 Å². The topological polar surface area (TPSA) is 55.6 Å². The summed E-state index contributed by atoms with van der Waals surface area (Å²) in [5, 5.41) is 3.83. The van der Waals surface area contributed by atoms with E-state index in [1.807, 2.05) is 13.8 Å². The number of alkyl halides is 3.